The Morgan fingerprint density at radius 2 is 2.13 bits per heavy atom. The highest BCUT2D eigenvalue weighted by atomic mass is 16.3. The van der Waals surface area contributed by atoms with Crippen molar-refractivity contribution in [3.05, 3.63) is 53.2 Å². The molecule has 2 heterocycles. The Hall–Kier alpha value is -2.30. The zero-order chi connectivity index (χ0) is 16.4. The van der Waals surface area contributed by atoms with Gasteiger partial charge >= 0.3 is 6.03 Å². The third-order valence-corrected chi connectivity index (χ3v) is 4.24. The lowest BCUT2D eigenvalue weighted by molar-refractivity contribution is 0.214. The molecule has 1 aliphatic rings. The normalized spacial score (nSPS) is 19.0. The number of pyridine rings is 1. The van der Waals surface area contributed by atoms with Gasteiger partial charge < -0.3 is 15.1 Å². The fraction of sp³-hybridized carbons (Fsp3) is 0.444. The highest BCUT2D eigenvalue weighted by Gasteiger charge is 2.35. The van der Waals surface area contributed by atoms with E-state index in [1.165, 1.54) is 0 Å². The van der Waals surface area contributed by atoms with Crippen LogP contribution >= 0.6 is 0 Å². The van der Waals surface area contributed by atoms with Crippen molar-refractivity contribution in [3.8, 4) is 0 Å². The van der Waals surface area contributed by atoms with Gasteiger partial charge in [0.1, 0.15) is 11.5 Å². The first kappa shape index (κ1) is 15.6. The van der Waals surface area contributed by atoms with E-state index < -0.39 is 0 Å². The van der Waals surface area contributed by atoms with Crippen molar-refractivity contribution < 1.29 is 9.21 Å². The maximum absolute atomic E-state index is 12.2. The lowest BCUT2D eigenvalue weighted by atomic mass is 9.75. The number of aryl methyl sites for hydroxylation is 1. The molecule has 3 rings (SSSR count). The minimum absolute atomic E-state index is 0.0105. The number of aromatic nitrogens is 1. The Morgan fingerprint density at radius 1 is 1.39 bits per heavy atom. The van der Waals surface area contributed by atoms with Gasteiger partial charge in [-0.05, 0) is 42.5 Å². The third-order valence-electron chi connectivity index (χ3n) is 4.24. The van der Waals surface area contributed by atoms with Crippen molar-refractivity contribution in [2.45, 2.75) is 46.2 Å². The molecule has 2 N–H and O–H groups in total. The fourth-order valence-corrected chi connectivity index (χ4v) is 3.21. The Morgan fingerprint density at radius 3 is 2.87 bits per heavy atom. The SMILES string of the molecule is Cc1cc2c(o1)CC(C)(C)CC2NC(=O)NCc1ccncc1. The summed E-state index contributed by atoms with van der Waals surface area (Å²) >= 11 is 0. The number of nitrogens with zero attached hydrogens (tertiary/aromatic N) is 1. The van der Waals surface area contributed by atoms with Crippen LogP contribution in [0.5, 0.6) is 0 Å². The molecular weight excluding hydrogens is 290 g/mol. The summed E-state index contributed by atoms with van der Waals surface area (Å²) in [6, 6.07) is 5.65. The van der Waals surface area contributed by atoms with E-state index in [-0.39, 0.29) is 17.5 Å². The van der Waals surface area contributed by atoms with Crippen molar-refractivity contribution in [1.82, 2.24) is 15.6 Å². The highest BCUT2D eigenvalue weighted by molar-refractivity contribution is 5.74. The summed E-state index contributed by atoms with van der Waals surface area (Å²) in [7, 11) is 0. The van der Waals surface area contributed by atoms with Gasteiger partial charge in [0.2, 0.25) is 0 Å². The van der Waals surface area contributed by atoms with Crippen molar-refractivity contribution in [2.75, 3.05) is 0 Å². The van der Waals surface area contributed by atoms with Crippen LogP contribution in [0.1, 0.15) is 49.0 Å². The van der Waals surface area contributed by atoms with Crippen LogP contribution in [0, 0.1) is 12.3 Å². The van der Waals surface area contributed by atoms with E-state index >= 15 is 0 Å². The second-order valence-electron chi connectivity index (χ2n) is 7.02. The summed E-state index contributed by atoms with van der Waals surface area (Å²) in [5, 5.41) is 5.99. The first-order valence-electron chi connectivity index (χ1n) is 7.95. The molecule has 23 heavy (non-hydrogen) atoms. The second kappa shape index (κ2) is 6.07. The van der Waals surface area contributed by atoms with Crippen LogP contribution in [0.15, 0.2) is 35.0 Å². The number of furan rings is 1. The van der Waals surface area contributed by atoms with E-state index in [9.17, 15) is 4.79 Å². The average Bonchev–Trinajstić information content (AvgIpc) is 2.85. The van der Waals surface area contributed by atoms with E-state index in [1.807, 2.05) is 25.1 Å². The fourth-order valence-electron chi connectivity index (χ4n) is 3.21. The summed E-state index contributed by atoms with van der Waals surface area (Å²) in [5.74, 6) is 1.90. The maximum atomic E-state index is 12.2. The smallest absolute Gasteiger partial charge is 0.315 e. The van der Waals surface area contributed by atoms with Gasteiger partial charge in [-0.1, -0.05) is 13.8 Å². The predicted octanol–water partition coefficient (Wildman–Crippen LogP) is 3.50. The molecule has 2 aromatic heterocycles. The van der Waals surface area contributed by atoms with Gasteiger partial charge in [-0.2, -0.15) is 0 Å². The van der Waals surface area contributed by atoms with Crippen LogP contribution in [-0.4, -0.2) is 11.0 Å². The standard InChI is InChI=1S/C18H23N3O2/c1-12-8-14-15(9-18(2,3)10-16(14)23-12)21-17(22)20-11-13-4-6-19-7-5-13/h4-8,15H,9-11H2,1-3H3,(H2,20,21,22). The number of carbonyl (C=O) groups excluding carboxylic acids is 1. The number of hydrogen-bond acceptors (Lipinski definition) is 3. The molecule has 0 saturated heterocycles. The zero-order valence-corrected chi connectivity index (χ0v) is 13.8. The molecule has 0 bridgehead atoms. The number of urea groups is 1. The molecule has 1 unspecified atom stereocenters. The predicted molar refractivity (Wildman–Crippen MR) is 87.9 cm³/mol. The Labute approximate surface area is 136 Å². The second-order valence-corrected chi connectivity index (χ2v) is 7.02. The van der Waals surface area contributed by atoms with Crippen LogP contribution in [0.3, 0.4) is 0 Å². The van der Waals surface area contributed by atoms with Crippen molar-refractivity contribution in [1.29, 1.82) is 0 Å². The number of amides is 2. The van der Waals surface area contributed by atoms with Gasteiger partial charge in [0.25, 0.3) is 0 Å². The molecule has 0 saturated carbocycles. The quantitative estimate of drug-likeness (QED) is 0.911. The third kappa shape index (κ3) is 3.73. The van der Waals surface area contributed by atoms with E-state index in [2.05, 4.69) is 29.5 Å². The molecule has 0 spiro atoms. The van der Waals surface area contributed by atoms with Gasteiger partial charge in [-0.25, -0.2) is 4.79 Å². The summed E-state index contributed by atoms with van der Waals surface area (Å²) < 4.78 is 5.80. The van der Waals surface area contributed by atoms with Crippen LogP contribution in [0.25, 0.3) is 0 Å². The van der Waals surface area contributed by atoms with Crippen molar-refractivity contribution in [3.63, 3.8) is 0 Å². The minimum Gasteiger partial charge on any atom is -0.466 e. The molecule has 2 amide bonds. The highest BCUT2D eigenvalue weighted by Crippen LogP contribution is 2.41. The minimum atomic E-state index is -0.158. The monoisotopic (exact) mass is 313 g/mol. The Kier molecular flexibility index (Phi) is 4.11. The largest absolute Gasteiger partial charge is 0.466 e. The molecule has 0 aliphatic heterocycles. The number of nitrogens with one attached hydrogen (secondary N) is 2. The molecule has 0 fully saturated rings. The topological polar surface area (TPSA) is 67.2 Å². The molecule has 2 aromatic rings. The molecule has 0 aromatic carbocycles. The van der Waals surface area contributed by atoms with E-state index in [0.717, 1.165) is 35.5 Å². The van der Waals surface area contributed by atoms with Crippen LogP contribution < -0.4 is 10.6 Å². The number of carbonyl (C=O) groups is 1. The zero-order valence-electron chi connectivity index (χ0n) is 13.8. The van der Waals surface area contributed by atoms with Crippen LogP contribution in [0.4, 0.5) is 4.79 Å². The lowest BCUT2D eigenvalue weighted by Crippen LogP contribution is -2.41. The molecular formula is C18H23N3O2. The number of fused-ring (bicyclic) bond motifs is 1. The first-order valence-corrected chi connectivity index (χ1v) is 7.95. The van der Waals surface area contributed by atoms with E-state index in [1.54, 1.807) is 12.4 Å². The van der Waals surface area contributed by atoms with E-state index in [0.29, 0.717) is 6.54 Å². The van der Waals surface area contributed by atoms with Gasteiger partial charge in [0.15, 0.2) is 0 Å². The summed E-state index contributed by atoms with van der Waals surface area (Å²) in [4.78, 5) is 16.2. The van der Waals surface area contributed by atoms with Gasteiger partial charge in [-0.15, -0.1) is 0 Å². The van der Waals surface area contributed by atoms with Crippen molar-refractivity contribution in [2.24, 2.45) is 5.41 Å². The molecule has 0 radical (unpaired) electrons. The van der Waals surface area contributed by atoms with Gasteiger partial charge in [0, 0.05) is 30.9 Å². The lowest BCUT2D eigenvalue weighted by Gasteiger charge is -2.34. The van der Waals surface area contributed by atoms with Crippen LogP contribution in [-0.2, 0) is 13.0 Å². The Balaban J connectivity index is 1.66. The number of hydrogen-bond donors (Lipinski definition) is 2. The van der Waals surface area contributed by atoms with Gasteiger partial charge in [-0.3, -0.25) is 4.98 Å². The molecule has 122 valence electrons. The summed E-state index contributed by atoms with van der Waals surface area (Å²) in [6.45, 7) is 6.85. The molecule has 5 nitrogen and oxygen atoms in total. The van der Waals surface area contributed by atoms with Crippen LogP contribution in [0.2, 0.25) is 0 Å². The average molecular weight is 313 g/mol. The molecule has 1 atom stereocenters. The molecule has 5 heteroatoms. The van der Waals surface area contributed by atoms with Crippen molar-refractivity contribution >= 4 is 6.03 Å². The maximum Gasteiger partial charge on any atom is 0.315 e. The summed E-state index contributed by atoms with van der Waals surface area (Å²) in [5.41, 5.74) is 2.25. The van der Waals surface area contributed by atoms with Gasteiger partial charge in [0.05, 0.1) is 6.04 Å². The first-order chi connectivity index (χ1) is 10.9. The Bertz CT molecular complexity index is 692. The van der Waals surface area contributed by atoms with E-state index in [4.69, 9.17) is 4.42 Å². The summed E-state index contributed by atoms with van der Waals surface area (Å²) in [6.07, 6.45) is 5.26. The number of rotatable bonds is 3. The molecule has 1 aliphatic carbocycles.